The Morgan fingerprint density at radius 1 is 1.15 bits per heavy atom. The first-order valence-corrected chi connectivity index (χ1v) is 11.4. The highest BCUT2D eigenvalue weighted by Gasteiger charge is 2.69. The molecular formula is C27H29N3O3. The predicted molar refractivity (Wildman–Crippen MR) is 126 cm³/mol. The van der Waals surface area contributed by atoms with E-state index in [0.717, 1.165) is 16.8 Å². The number of amides is 3. The average molecular weight is 444 g/mol. The lowest BCUT2D eigenvalue weighted by atomic mass is 9.60. The third-order valence-electron chi connectivity index (χ3n) is 7.90. The van der Waals surface area contributed by atoms with Gasteiger partial charge in [0.2, 0.25) is 17.7 Å². The number of fused-ring (bicyclic) bond motifs is 5. The number of piperazine rings is 1. The average Bonchev–Trinajstić information content (AvgIpc) is 3.30. The van der Waals surface area contributed by atoms with E-state index in [9.17, 15) is 14.4 Å². The fraction of sp³-hybridized carbons (Fsp3) is 0.370. The zero-order valence-electron chi connectivity index (χ0n) is 19.2. The van der Waals surface area contributed by atoms with Gasteiger partial charge in [0, 0.05) is 24.4 Å². The van der Waals surface area contributed by atoms with Crippen LogP contribution in [-0.2, 0) is 26.2 Å². The molecule has 0 bridgehead atoms. The lowest BCUT2D eigenvalue weighted by Crippen LogP contribution is -2.66. The van der Waals surface area contributed by atoms with Gasteiger partial charge < -0.3 is 10.2 Å². The molecule has 4 unspecified atom stereocenters. The largest absolute Gasteiger partial charge is 0.342 e. The SMILES string of the molecule is C=CC(C)(C)C12CC3C(=O)NC(Cc4ccccc4)C(=O)N3C1N(C(C)=O)c1ccccc12. The summed E-state index contributed by atoms with van der Waals surface area (Å²) in [6.45, 7) is 9.78. The fourth-order valence-electron chi connectivity index (χ4n) is 6.16. The maximum Gasteiger partial charge on any atom is 0.247 e. The molecule has 0 radical (unpaired) electrons. The number of carbonyl (C=O) groups is 3. The summed E-state index contributed by atoms with van der Waals surface area (Å²) in [6, 6.07) is 16.2. The van der Waals surface area contributed by atoms with Gasteiger partial charge in [-0.15, -0.1) is 6.58 Å². The molecule has 1 N–H and O–H groups in total. The van der Waals surface area contributed by atoms with Crippen molar-refractivity contribution in [1.82, 2.24) is 10.2 Å². The van der Waals surface area contributed by atoms with Crippen molar-refractivity contribution in [2.45, 2.75) is 57.3 Å². The number of benzene rings is 2. The van der Waals surface area contributed by atoms with Gasteiger partial charge in [0.25, 0.3) is 0 Å². The number of para-hydroxylation sites is 1. The molecule has 0 aromatic heterocycles. The Bertz CT molecular complexity index is 1160. The van der Waals surface area contributed by atoms with Crippen molar-refractivity contribution < 1.29 is 14.4 Å². The van der Waals surface area contributed by atoms with Gasteiger partial charge in [-0.1, -0.05) is 68.5 Å². The third-order valence-corrected chi connectivity index (χ3v) is 7.90. The molecule has 3 amide bonds. The van der Waals surface area contributed by atoms with Crippen LogP contribution in [0.25, 0.3) is 0 Å². The Kier molecular flexibility index (Phi) is 4.74. The quantitative estimate of drug-likeness (QED) is 0.738. The molecule has 0 spiro atoms. The summed E-state index contributed by atoms with van der Waals surface area (Å²) in [7, 11) is 0. The minimum Gasteiger partial charge on any atom is -0.342 e. The van der Waals surface area contributed by atoms with Gasteiger partial charge in [0.1, 0.15) is 18.2 Å². The second kappa shape index (κ2) is 7.30. The van der Waals surface area contributed by atoms with Crippen molar-refractivity contribution in [1.29, 1.82) is 0 Å². The molecule has 2 aromatic carbocycles. The summed E-state index contributed by atoms with van der Waals surface area (Å²) in [6.07, 6.45) is 2.16. The van der Waals surface area contributed by atoms with Gasteiger partial charge in [-0.25, -0.2) is 0 Å². The lowest BCUT2D eigenvalue weighted by molar-refractivity contribution is -0.149. The summed E-state index contributed by atoms with van der Waals surface area (Å²) < 4.78 is 0. The number of hydrogen-bond donors (Lipinski definition) is 1. The van der Waals surface area contributed by atoms with E-state index in [1.807, 2.05) is 60.7 Å². The maximum atomic E-state index is 13.9. The summed E-state index contributed by atoms with van der Waals surface area (Å²) >= 11 is 0. The summed E-state index contributed by atoms with van der Waals surface area (Å²) in [5.74, 6) is -0.451. The highest BCUT2D eigenvalue weighted by molar-refractivity contribution is 6.02. The number of nitrogens with zero attached hydrogens (tertiary/aromatic N) is 2. The molecule has 2 fully saturated rings. The van der Waals surface area contributed by atoms with E-state index in [1.54, 1.807) is 9.80 Å². The zero-order chi connectivity index (χ0) is 23.5. The van der Waals surface area contributed by atoms with E-state index >= 15 is 0 Å². The molecule has 4 atom stereocenters. The summed E-state index contributed by atoms with van der Waals surface area (Å²) in [4.78, 5) is 43.7. The van der Waals surface area contributed by atoms with Crippen LogP contribution in [0.15, 0.2) is 67.3 Å². The molecule has 170 valence electrons. The molecule has 0 saturated carbocycles. The Balaban J connectivity index is 1.66. The second-order valence-electron chi connectivity index (χ2n) is 9.89. The molecule has 3 heterocycles. The molecule has 33 heavy (non-hydrogen) atoms. The highest BCUT2D eigenvalue weighted by atomic mass is 16.2. The molecule has 2 aromatic rings. The van der Waals surface area contributed by atoms with Crippen molar-refractivity contribution in [3.8, 4) is 0 Å². The van der Waals surface area contributed by atoms with E-state index in [2.05, 4.69) is 25.7 Å². The van der Waals surface area contributed by atoms with Crippen LogP contribution in [0.1, 0.15) is 38.3 Å². The predicted octanol–water partition coefficient (Wildman–Crippen LogP) is 3.17. The van der Waals surface area contributed by atoms with Gasteiger partial charge in [-0.2, -0.15) is 0 Å². The van der Waals surface area contributed by atoms with Crippen LogP contribution in [0.2, 0.25) is 0 Å². The monoisotopic (exact) mass is 443 g/mol. The first kappa shape index (κ1) is 21.4. The normalized spacial score (nSPS) is 28.2. The first-order chi connectivity index (χ1) is 15.7. The van der Waals surface area contributed by atoms with Crippen molar-refractivity contribution in [3.05, 3.63) is 78.4 Å². The van der Waals surface area contributed by atoms with Crippen LogP contribution in [0.3, 0.4) is 0 Å². The van der Waals surface area contributed by atoms with Crippen LogP contribution in [0, 0.1) is 5.41 Å². The standard InChI is InChI=1S/C27H29N3O3/c1-5-26(3,4)27-16-22-23(32)28-20(15-18-11-7-6-8-12-18)24(33)30(22)25(27)29(17(2)31)21-14-10-9-13-19(21)27/h5-14,20,22,25H,1,15-16H2,2-4H3,(H,28,32). The molecule has 0 aliphatic carbocycles. The van der Waals surface area contributed by atoms with Crippen LogP contribution in [-0.4, -0.2) is 40.9 Å². The number of nitrogens with one attached hydrogen (secondary N) is 1. The Hall–Kier alpha value is -3.41. The van der Waals surface area contributed by atoms with Gasteiger partial charge in [0.05, 0.1) is 0 Å². The number of allylic oxidation sites excluding steroid dienone is 1. The minimum absolute atomic E-state index is 0.144. The second-order valence-corrected chi connectivity index (χ2v) is 9.89. The number of anilines is 1. The van der Waals surface area contributed by atoms with Gasteiger partial charge >= 0.3 is 0 Å². The Labute approximate surface area is 194 Å². The zero-order valence-corrected chi connectivity index (χ0v) is 19.2. The number of carbonyl (C=O) groups excluding carboxylic acids is 3. The van der Waals surface area contributed by atoms with Crippen molar-refractivity contribution in [3.63, 3.8) is 0 Å². The fourth-order valence-corrected chi connectivity index (χ4v) is 6.16. The molecule has 3 aliphatic heterocycles. The number of hydrogen-bond acceptors (Lipinski definition) is 3. The van der Waals surface area contributed by atoms with E-state index in [-0.39, 0.29) is 17.7 Å². The molecule has 6 heteroatoms. The minimum atomic E-state index is -0.670. The van der Waals surface area contributed by atoms with E-state index in [4.69, 9.17) is 0 Å². The highest BCUT2D eigenvalue weighted by Crippen LogP contribution is 2.62. The first-order valence-electron chi connectivity index (χ1n) is 11.4. The topological polar surface area (TPSA) is 69.7 Å². The molecule has 2 saturated heterocycles. The maximum absolute atomic E-state index is 13.9. The molecule has 3 aliphatic rings. The molecule has 5 rings (SSSR count). The van der Waals surface area contributed by atoms with E-state index in [1.165, 1.54) is 6.92 Å². The van der Waals surface area contributed by atoms with Crippen LogP contribution < -0.4 is 10.2 Å². The van der Waals surface area contributed by atoms with Gasteiger partial charge in [-0.05, 0) is 29.0 Å². The lowest BCUT2D eigenvalue weighted by Gasteiger charge is -2.46. The smallest absolute Gasteiger partial charge is 0.247 e. The van der Waals surface area contributed by atoms with Crippen LogP contribution in [0.4, 0.5) is 5.69 Å². The van der Waals surface area contributed by atoms with Crippen molar-refractivity contribution in [2.24, 2.45) is 5.41 Å². The Morgan fingerprint density at radius 2 is 1.82 bits per heavy atom. The summed E-state index contributed by atoms with van der Waals surface area (Å²) in [5.41, 5.74) is 1.65. The van der Waals surface area contributed by atoms with E-state index < -0.39 is 29.1 Å². The van der Waals surface area contributed by atoms with Crippen LogP contribution >= 0.6 is 0 Å². The third kappa shape index (κ3) is 2.82. The Morgan fingerprint density at radius 3 is 2.48 bits per heavy atom. The van der Waals surface area contributed by atoms with Gasteiger partial charge in [-0.3, -0.25) is 19.3 Å². The van der Waals surface area contributed by atoms with E-state index in [0.29, 0.717) is 12.8 Å². The molecular weight excluding hydrogens is 414 g/mol. The van der Waals surface area contributed by atoms with Crippen molar-refractivity contribution >= 4 is 23.4 Å². The summed E-state index contributed by atoms with van der Waals surface area (Å²) in [5, 5.41) is 2.97. The van der Waals surface area contributed by atoms with Crippen molar-refractivity contribution in [2.75, 3.05) is 4.90 Å². The molecule has 6 nitrogen and oxygen atoms in total. The van der Waals surface area contributed by atoms with Crippen LogP contribution in [0.5, 0.6) is 0 Å². The van der Waals surface area contributed by atoms with Gasteiger partial charge in [0.15, 0.2) is 0 Å². The number of rotatable bonds is 4.